The number of amides is 1. The number of phenolic OH excluding ortho intramolecular Hbond substituents is 2. The van der Waals surface area contributed by atoms with Crippen LogP contribution in [0.3, 0.4) is 0 Å². The smallest absolute Gasteiger partial charge is 0.231 e. The summed E-state index contributed by atoms with van der Waals surface area (Å²) in [6, 6.07) is 13.7. The molecule has 2 aromatic rings. The van der Waals surface area contributed by atoms with E-state index in [4.69, 9.17) is 0 Å². The number of hydrogen-bond donors (Lipinski definition) is 3. The van der Waals surface area contributed by atoms with Gasteiger partial charge in [0.05, 0.1) is 5.92 Å². The number of aromatic hydroxyl groups is 2. The Morgan fingerprint density at radius 1 is 1.10 bits per heavy atom. The van der Waals surface area contributed by atoms with Crippen LogP contribution >= 0.6 is 0 Å². The molecule has 4 nitrogen and oxygen atoms in total. The van der Waals surface area contributed by atoms with Gasteiger partial charge in [-0.05, 0) is 36.2 Å². The molecule has 0 aliphatic heterocycles. The molecule has 0 saturated heterocycles. The second kappa shape index (κ2) is 6.10. The number of hydrogen-bond acceptors (Lipinski definition) is 3. The van der Waals surface area contributed by atoms with Crippen molar-refractivity contribution >= 4 is 11.6 Å². The lowest BCUT2D eigenvalue weighted by molar-refractivity contribution is -0.117. The van der Waals surface area contributed by atoms with Gasteiger partial charge in [-0.1, -0.05) is 31.2 Å². The summed E-state index contributed by atoms with van der Waals surface area (Å²) >= 11 is 0. The zero-order valence-electron chi connectivity index (χ0n) is 11.2. The van der Waals surface area contributed by atoms with E-state index in [1.165, 1.54) is 12.1 Å². The molecule has 1 atom stereocenters. The number of nitrogens with one attached hydrogen (secondary N) is 1. The van der Waals surface area contributed by atoms with Crippen LogP contribution in [-0.2, 0) is 4.79 Å². The summed E-state index contributed by atoms with van der Waals surface area (Å²) in [5, 5.41) is 21.7. The zero-order chi connectivity index (χ0) is 14.5. The predicted molar refractivity (Wildman–Crippen MR) is 77.9 cm³/mol. The number of benzene rings is 2. The monoisotopic (exact) mass is 271 g/mol. The van der Waals surface area contributed by atoms with Crippen molar-refractivity contribution in [1.29, 1.82) is 0 Å². The minimum atomic E-state index is -0.373. The second-order valence-electron chi connectivity index (χ2n) is 4.56. The zero-order valence-corrected chi connectivity index (χ0v) is 11.2. The molecule has 2 rings (SSSR count). The molecule has 0 saturated carbocycles. The van der Waals surface area contributed by atoms with E-state index in [-0.39, 0.29) is 23.3 Å². The molecular formula is C16H17NO3. The van der Waals surface area contributed by atoms with Crippen LogP contribution in [0.15, 0.2) is 48.5 Å². The molecular weight excluding hydrogens is 254 g/mol. The van der Waals surface area contributed by atoms with Gasteiger partial charge in [0.15, 0.2) is 11.5 Å². The largest absolute Gasteiger partial charge is 0.504 e. The number of carbonyl (C=O) groups excluding carboxylic acids is 1. The molecule has 0 aromatic heterocycles. The first-order valence-corrected chi connectivity index (χ1v) is 6.49. The van der Waals surface area contributed by atoms with Gasteiger partial charge in [0, 0.05) is 5.69 Å². The SMILES string of the molecule is CCC(C(=O)Nc1ccccc1)c1ccc(O)c(O)c1. The van der Waals surface area contributed by atoms with Crippen molar-refractivity contribution in [2.24, 2.45) is 0 Å². The third kappa shape index (κ3) is 3.09. The Morgan fingerprint density at radius 3 is 2.40 bits per heavy atom. The maximum absolute atomic E-state index is 12.3. The Kier molecular flexibility index (Phi) is 4.25. The minimum Gasteiger partial charge on any atom is -0.504 e. The van der Waals surface area contributed by atoms with Crippen molar-refractivity contribution in [3.8, 4) is 11.5 Å². The summed E-state index contributed by atoms with van der Waals surface area (Å²) in [6.07, 6.45) is 0.600. The van der Waals surface area contributed by atoms with Crippen LogP contribution in [0.25, 0.3) is 0 Å². The van der Waals surface area contributed by atoms with Crippen LogP contribution in [0.5, 0.6) is 11.5 Å². The molecule has 1 unspecified atom stereocenters. The second-order valence-corrected chi connectivity index (χ2v) is 4.56. The van der Waals surface area contributed by atoms with Gasteiger partial charge < -0.3 is 15.5 Å². The lowest BCUT2D eigenvalue weighted by atomic mass is 9.95. The van der Waals surface area contributed by atoms with Crippen LogP contribution < -0.4 is 5.32 Å². The van der Waals surface area contributed by atoms with Crippen LogP contribution in [0.1, 0.15) is 24.8 Å². The van der Waals surface area contributed by atoms with Crippen molar-refractivity contribution in [3.63, 3.8) is 0 Å². The third-order valence-corrected chi connectivity index (χ3v) is 3.17. The van der Waals surface area contributed by atoms with Crippen molar-refractivity contribution in [2.75, 3.05) is 5.32 Å². The summed E-state index contributed by atoms with van der Waals surface area (Å²) in [5.74, 6) is -0.911. The van der Waals surface area contributed by atoms with Crippen LogP contribution in [-0.4, -0.2) is 16.1 Å². The number of phenols is 2. The summed E-state index contributed by atoms with van der Waals surface area (Å²) in [7, 11) is 0. The van der Waals surface area contributed by atoms with Crippen molar-refractivity contribution < 1.29 is 15.0 Å². The number of para-hydroxylation sites is 1. The molecule has 0 spiro atoms. The molecule has 1 amide bonds. The van der Waals surface area contributed by atoms with E-state index >= 15 is 0 Å². The number of anilines is 1. The molecule has 3 N–H and O–H groups in total. The van der Waals surface area contributed by atoms with Gasteiger partial charge in [-0.3, -0.25) is 4.79 Å². The van der Waals surface area contributed by atoms with E-state index in [2.05, 4.69) is 5.32 Å². The first-order valence-electron chi connectivity index (χ1n) is 6.49. The van der Waals surface area contributed by atoms with E-state index in [1.807, 2.05) is 37.3 Å². The van der Waals surface area contributed by atoms with Crippen LogP contribution in [0, 0.1) is 0 Å². The van der Waals surface area contributed by atoms with Gasteiger partial charge in [-0.25, -0.2) is 0 Å². The van der Waals surface area contributed by atoms with Gasteiger partial charge >= 0.3 is 0 Å². The van der Waals surface area contributed by atoms with Gasteiger partial charge in [0.2, 0.25) is 5.91 Å². The van der Waals surface area contributed by atoms with Crippen LogP contribution in [0.4, 0.5) is 5.69 Å². The van der Waals surface area contributed by atoms with E-state index in [0.29, 0.717) is 12.0 Å². The highest BCUT2D eigenvalue weighted by atomic mass is 16.3. The highest BCUT2D eigenvalue weighted by Gasteiger charge is 2.19. The Hall–Kier alpha value is -2.49. The molecule has 104 valence electrons. The summed E-state index contributed by atoms with van der Waals surface area (Å²) in [6.45, 7) is 1.90. The quantitative estimate of drug-likeness (QED) is 0.748. The van der Waals surface area contributed by atoms with E-state index < -0.39 is 0 Å². The normalized spacial score (nSPS) is 11.8. The average Bonchev–Trinajstić information content (AvgIpc) is 2.44. The highest BCUT2D eigenvalue weighted by molar-refractivity contribution is 5.95. The van der Waals surface area contributed by atoms with E-state index in [1.54, 1.807) is 6.07 Å². The van der Waals surface area contributed by atoms with E-state index in [0.717, 1.165) is 5.69 Å². The number of rotatable bonds is 4. The molecule has 0 heterocycles. The van der Waals surface area contributed by atoms with Crippen molar-refractivity contribution in [2.45, 2.75) is 19.3 Å². The maximum Gasteiger partial charge on any atom is 0.231 e. The molecule has 4 heteroatoms. The molecule has 0 fully saturated rings. The van der Waals surface area contributed by atoms with Gasteiger partial charge in [-0.15, -0.1) is 0 Å². The van der Waals surface area contributed by atoms with Gasteiger partial charge in [-0.2, -0.15) is 0 Å². The summed E-state index contributed by atoms with van der Waals surface area (Å²) in [4.78, 5) is 12.3. The molecule has 0 aliphatic rings. The lowest BCUT2D eigenvalue weighted by Gasteiger charge is -2.16. The Labute approximate surface area is 117 Å². The Morgan fingerprint density at radius 2 is 1.80 bits per heavy atom. The highest BCUT2D eigenvalue weighted by Crippen LogP contribution is 2.30. The van der Waals surface area contributed by atoms with Crippen LogP contribution in [0.2, 0.25) is 0 Å². The molecule has 0 radical (unpaired) electrons. The summed E-state index contributed by atoms with van der Waals surface area (Å²) in [5.41, 5.74) is 1.41. The summed E-state index contributed by atoms with van der Waals surface area (Å²) < 4.78 is 0. The lowest BCUT2D eigenvalue weighted by Crippen LogP contribution is -2.20. The van der Waals surface area contributed by atoms with Gasteiger partial charge in [0.25, 0.3) is 0 Å². The average molecular weight is 271 g/mol. The van der Waals surface area contributed by atoms with E-state index in [9.17, 15) is 15.0 Å². The Bertz CT molecular complexity index is 596. The Balaban J connectivity index is 2.19. The molecule has 20 heavy (non-hydrogen) atoms. The fourth-order valence-corrected chi connectivity index (χ4v) is 2.08. The standard InChI is InChI=1S/C16H17NO3/c1-2-13(11-8-9-14(18)15(19)10-11)16(20)17-12-6-4-3-5-7-12/h3-10,13,18-19H,2H2,1H3,(H,17,20). The maximum atomic E-state index is 12.3. The fourth-order valence-electron chi connectivity index (χ4n) is 2.08. The first kappa shape index (κ1) is 13.9. The minimum absolute atomic E-state index is 0.135. The van der Waals surface area contributed by atoms with Crippen molar-refractivity contribution in [3.05, 3.63) is 54.1 Å². The number of carbonyl (C=O) groups is 1. The third-order valence-electron chi connectivity index (χ3n) is 3.17. The molecule has 2 aromatic carbocycles. The van der Waals surface area contributed by atoms with Crippen molar-refractivity contribution in [1.82, 2.24) is 0 Å². The molecule has 0 bridgehead atoms. The van der Waals surface area contributed by atoms with Gasteiger partial charge in [0.1, 0.15) is 0 Å². The molecule has 0 aliphatic carbocycles. The topological polar surface area (TPSA) is 69.6 Å². The predicted octanol–water partition coefficient (Wildman–Crippen LogP) is 3.23. The fraction of sp³-hybridized carbons (Fsp3) is 0.188. The first-order chi connectivity index (χ1) is 9.61.